The van der Waals surface area contributed by atoms with E-state index in [4.69, 9.17) is 0 Å². The second-order valence-electron chi connectivity index (χ2n) is 2.97. The number of halogens is 2. The van der Waals surface area contributed by atoms with Gasteiger partial charge in [0, 0.05) is 25.1 Å². The fourth-order valence-electron chi connectivity index (χ4n) is 0.965. The molecule has 0 aromatic heterocycles. The average molecular weight is 213 g/mol. The van der Waals surface area contributed by atoms with E-state index in [1.807, 2.05) is 0 Å². The fourth-order valence-corrected chi connectivity index (χ4v) is 0.965. The molecule has 0 aliphatic heterocycles. The summed E-state index contributed by atoms with van der Waals surface area (Å²) in [5.74, 6) is -2.88. The minimum Gasteiger partial charge on any atom is -0.345 e. The number of carbonyl (C=O) groups is 2. The highest BCUT2D eigenvalue weighted by molar-refractivity contribution is 6.35. The number of benzene rings is 1. The third-order valence-corrected chi connectivity index (χ3v) is 1.77. The molecule has 0 atom stereocenters. The summed E-state index contributed by atoms with van der Waals surface area (Å²) in [6.07, 6.45) is 0. The summed E-state index contributed by atoms with van der Waals surface area (Å²) in [5, 5.41) is 2.21. The first-order valence-electron chi connectivity index (χ1n) is 4.23. The van der Waals surface area contributed by atoms with Gasteiger partial charge in [-0.3, -0.25) is 9.59 Å². The first-order chi connectivity index (χ1) is 7.00. The largest absolute Gasteiger partial charge is 0.345 e. The number of hydrogen-bond donors (Lipinski definition) is 1. The Morgan fingerprint density at radius 2 is 2.00 bits per heavy atom. The number of ketones is 1. The molecule has 1 rings (SSSR count). The van der Waals surface area contributed by atoms with Gasteiger partial charge in [-0.2, -0.15) is 0 Å². The molecule has 5 heteroatoms. The molecule has 3 nitrogen and oxygen atoms in total. The Balaban J connectivity index is 2.66. The zero-order valence-electron chi connectivity index (χ0n) is 8.01. The van der Waals surface area contributed by atoms with Gasteiger partial charge in [-0.25, -0.2) is 8.78 Å². The molecule has 0 spiro atoms. The lowest BCUT2D eigenvalue weighted by Gasteiger charge is -2.04. The van der Waals surface area contributed by atoms with Crippen LogP contribution in [0.25, 0.3) is 0 Å². The minimum atomic E-state index is -0.793. The number of carbonyl (C=O) groups excluding carboxylic acids is 2. The second kappa shape index (κ2) is 4.63. The molecule has 0 aliphatic rings. The quantitative estimate of drug-likeness (QED) is 0.766. The molecule has 1 aromatic rings. The number of Topliss-reactive ketones (excluding diaryl/α,β-unsaturated/α-hetero) is 1. The van der Waals surface area contributed by atoms with Crippen molar-refractivity contribution >= 4 is 11.7 Å². The van der Waals surface area contributed by atoms with E-state index in [2.05, 4.69) is 5.32 Å². The fraction of sp³-hybridized carbons (Fsp3) is 0.200. The summed E-state index contributed by atoms with van der Waals surface area (Å²) in [7, 11) is 0. The van der Waals surface area contributed by atoms with E-state index in [0.717, 1.165) is 19.1 Å². The van der Waals surface area contributed by atoms with Crippen LogP contribution in [0.4, 0.5) is 8.78 Å². The maximum atomic E-state index is 13.0. The second-order valence-corrected chi connectivity index (χ2v) is 2.97. The van der Waals surface area contributed by atoms with Crippen molar-refractivity contribution in [3.05, 3.63) is 35.4 Å². The molecule has 0 unspecified atom stereocenters. The van der Waals surface area contributed by atoms with Crippen molar-refractivity contribution in [2.45, 2.75) is 13.5 Å². The van der Waals surface area contributed by atoms with Crippen molar-refractivity contribution < 1.29 is 18.4 Å². The molecule has 1 N–H and O–H groups in total. The average Bonchev–Trinajstić information content (AvgIpc) is 2.15. The van der Waals surface area contributed by atoms with Gasteiger partial charge in [0.2, 0.25) is 5.78 Å². The predicted octanol–water partition coefficient (Wildman–Crippen LogP) is 1.17. The molecule has 1 amide bonds. The lowest BCUT2D eigenvalue weighted by Crippen LogP contribution is -2.28. The third kappa shape index (κ3) is 3.12. The van der Waals surface area contributed by atoms with Crippen LogP contribution in [0.3, 0.4) is 0 Å². The van der Waals surface area contributed by atoms with Gasteiger partial charge >= 0.3 is 0 Å². The van der Waals surface area contributed by atoms with Crippen LogP contribution in [0.15, 0.2) is 18.2 Å². The third-order valence-electron chi connectivity index (χ3n) is 1.77. The van der Waals surface area contributed by atoms with Crippen molar-refractivity contribution in [1.82, 2.24) is 5.32 Å². The molecule has 0 bridgehead atoms. The summed E-state index contributed by atoms with van der Waals surface area (Å²) < 4.78 is 25.5. The van der Waals surface area contributed by atoms with Crippen LogP contribution >= 0.6 is 0 Å². The Hall–Kier alpha value is -1.78. The lowest BCUT2D eigenvalue weighted by atomic mass is 10.2. The van der Waals surface area contributed by atoms with Crippen LogP contribution in [-0.4, -0.2) is 11.7 Å². The number of rotatable bonds is 3. The molecular formula is C10H9F2NO2. The van der Waals surface area contributed by atoms with Crippen molar-refractivity contribution in [1.29, 1.82) is 0 Å². The maximum absolute atomic E-state index is 13.0. The highest BCUT2D eigenvalue weighted by Gasteiger charge is 2.08. The summed E-state index contributed by atoms with van der Waals surface area (Å²) in [6, 6.07) is 3.01. The van der Waals surface area contributed by atoms with E-state index in [1.54, 1.807) is 0 Å². The molecule has 80 valence electrons. The van der Waals surface area contributed by atoms with E-state index in [0.29, 0.717) is 0 Å². The molecule has 0 heterocycles. The standard InChI is InChI=1S/C10H9F2NO2/c1-6(14)10(15)13-5-7-2-3-8(11)4-9(7)12/h2-4H,5H2,1H3,(H,13,15). The van der Waals surface area contributed by atoms with Crippen LogP contribution in [0.5, 0.6) is 0 Å². The monoisotopic (exact) mass is 213 g/mol. The maximum Gasteiger partial charge on any atom is 0.287 e. The molecule has 0 saturated carbocycles. The molecule has 0 radical (unpaired) electrons. The number of nitrogens with one attached hydrogen (secondary N) is 1. The predicted molar refractivity (Wildman–Crippen MR) is 48.9 cm³/mol. The first-order valence-corrected chi connectivity index (χ1v) is 4.23. The summed E-state index contributed by atoms with van der Waals surface area (Å²) in [5.41, 5.74) is 0.131. The van der Waals surface area contributed by atoms with Gasteiger partial charge in [-0.05, 0) is 6.07 Å². The lowest BCUT2D eigenvalue weighted by molar-refractivity contribution is -0.136. The van der Waals surface area contributed by atoms with E-state index < -0.39 is 23.3 Å². The van der Waals surface area contributed by atoms with Gasteiger partial charge in [0.15, 0.2) is 0 Å². The van der Waals surface area contributed by atoms with Crippen molar-refractivity contribution in [3.8, 4) is 0 Å². The zero-order chi connectivity index (χ0) is 11.4. The van der Waals surface area contributed by atoms with Gasteiger partial charge in [0.1, 0.15) is 11.6 Å². The highest BCUT2D eigenvalue weighted by Crippen LogP contribution is 2.08. The Kier molecular flexibility index (Phi) is 3.49. The summed E-state index contributed by atoms with van der Waals surface area (Å²) >= 11 is 0. The van der Waals surface area contributed by atoms with E-state index in [-0.39, 0.29) is 12.1 Å². The van der Waals surface area contributed by atoms with E-state index in [9.17, 15) is 18.4 Å². The molecule has 0 saturated heterocycles. The minimum absolute atomic E-state index is 0.131. The van der Waals surface area contributed by atoms with Crippen molar-refractivity contribution in [2.75, 3.05) is 0 Å². The van der Waals surface area contributed by atoms with Crippen molar-refractivity contribution in [2.24, 2.45) is 0 Å². The molecule has 15 heavy (non-hydrogen) atoms. The summed E-state index contributed by atoms with van der Waals surface area (Å²) in [4.78, 5) is 21.4. The Morgan fingerprint density at radius 1 is 1.33 bits per heavy atom. The summed E-state index contributed by atoms with van der Waals surface area (Å²) in [6.45, 7) is 0.973. The molecule has 1 aromatic carbocycles. The Labute approximate surface area is 85.1 Å². The van der Waals surface area contributed by atoms with Gasteiger partial charge in [0.25, 0.3) is 5.91 Å². The molecular weight excluding hydrogens is 204 g/mol. The normalized spacial score (nSPS) is 9.80. The Morgan fingerprint density at radius 3 is 2.53 bits per heavy atom. The SMILES string of the molecule is CC(=O)C(=O)NCc1ccc(F)cc1F. The van der Waals surface area contributed by atoms with Gasteiger partial charge < -0.3 is 5.32 Å². The van der Waals surface area contributed by atoms with Crippen LogP contribution in [0.1, 0.15) is 12.5 Å². The van der Waals surface area contributed by atoms with Crippen LogP contribution in [0, 0.1) is 11.6 Å². The number of amides is 1. The first kappa shape index (κ1) is 11.3. The molecule has 0 aliphatic carbocycles. The van der Waals surface area contributed by atoms with Crippen LogP contribution < -0.4 is 5.32 Å². The van der Waals surface area contributed by atoms with E-state index in [1.165, 1.54) is 6.07 Å². The molecule has 0 fully saturated rings. The zero-order valence-corrected chi connectivity index (χ0v) is 8.01. The number of hydrogen-bond acceptors (Lipinski definition) is 2. The van der Waals surface area contributed by atoms with Gasteiger partial charge in [-0.1, -0.05) is 6.07 Å². The van der Waals surface area contributed by atoms with Gasteiger partial charge in [-0.15, -0.1) is 0 Å². The van der Waals surface area contributed by atoms with E-state index >= 15 is 0 Å². The Bertz CT molecular complexity index is 404. The topological polar surface area (TPSA) is 46.2 Å². The smallest absolute Gasteiger partial charge is 0.287 e. The van der Waals surface area contributed by atoms with Crippen LogP contribution in [-0.2, 0) is 16.1 Å². The van der Waals surface area contributed by atoms with Crippen LogP contribution in [0.2, 0.25) is 0 Å². The highest BCUT2D eigenvalue weighted by atomic mass is 19.1. The van der Waals surface area contributed by atoms with Gasteiger partial charge in [0.05, 0.1) is 0 Å². The van der Waals surface area contributed by atoms with Crippen molar-refractivity contribution in [3.63, 3.8) is 0 Å².